The van der Waals surface area contributed by atoms with Gasteiger partial charge in [0, 0.05) is 31.0 Å². The van der Waals surface area contributed by atoms with Crippen molar-refractivity contribution in [1.82, 2.24) is 9.88 Å². The van der Waals surface area contributed by atoms with Crippen molar-refractivity contribution in [2.24, 2.45) is 0 Å². The maximum absolute atomic E-state index is 12.5. The molecule has 1 amide bonds. The van der Waals surface area contributed by atoms with Gasteiger partial charge < -0.3 is 9.32 Å². The normalized spacial score (nSPS) is 18.8. The lowest BCUT2D eigenvalue weighted by Gasteiger charge is -2.26. The third-order valence-corrected chi connectivity index (χ3v) is 6.50. The van der Waals surface area contributed by atoms with E-state index in [1.807, 2.05) is 38.1 Å². The van der Waals surface area contributed by atoms with Crippen LogP contribution in [0.4, 0.5) is 0 Å². The van der Waals surface area contributed by atoms with Crippen LogP contribution >= 0.6 is 0 Å². The molecule has 1 aliphatic heterocycles. The fourth-order valence-corrected chi connectivity index (χ4v) is 5.02. The quantitative estimate of drug-likeness (QED) is 0.774. The number of oxazole rings is 1. The van der Waals surface area contributed by atoms with Crippen molar-refractivity contribution in [2.45, 2.75) is 39.2 Å². The van der Waals surface area contributed by atoms with Crippen molar-refractivity contribution >= 4 is 15.7 Å². The maximum Gasteiger partial charge on any atom is 0.223 e. The maximum atomic E-state index is 12.5. The fourth-order valence-electron chi connectivity index (χ4n) is 3.29. The summed E-state index contributed by atoms with van der Waals surface area (Å²) in [6.45, 7) is 4.42. The summed E-state index contributed by atoms with van der Waals surface area (Å²) in [6.07, 6.45) is 2.86. The van der Waals surface area contributed by atoms with E-state index in [-0.39, 0.29) is 29.9 Å². The van der Waals surface area contributed by atoms with Gasteiger partial charge in [0.2, 0.25) is 5.91 Å². The average molecular weight is 376 g/mol. The van der Waals surface area contributed by atoms with Crippen LogP contribution in [0.5, 0.6) is 0 Å². The molecule has 6 nitrogen and oxygen atoms in total. The van der Waals surface area contributed by atoms with Crippen LogP contribution in [0, 0.1) is 6.92 Å². The largest absolute Gasteiger partial charge is 0.441 e. The van der Waals surface area contributed by atoms with Gasteiger partial charge in [0.1, 0.15) is 0 Å². The van der Waals surface area contributed by atoms with Gasteiger partial charge in [0.05, 0.1) is 17.7 Å². The lowest BCUT2D eigenvalue weighted by molar-refractivity contribution is -0.132. The summed E-state index contributed by atoms with van der Waals surface area (Å²) in [5, 5.41) is 0. The fraction of sp³-hybridized carbons (Fsp3) is 0.474. The molecule has 140 valence electrons. The van der Waals surface area contributed by atoms with Gasteiger partial charge in [-0.3, -0.25) is 4.79 Å². The Hall–Kier alpha value is -2.15. The zero-order valence-corrected chi connectivity index (χ0v) is 16.0. The topological polar surface area (TPSA) is 80.5 Å². The molecule has 1 aromatic heterocycles. The van der Waals surface area contributed by atoms with Crippen LogP contribution in [0.25, 0.3) is 11.3 Å². The number of rotatable bonds is 6. The number of carbonyl (C=O) groups is 1. The van der Waals surface area contributed by atoms with Crippen molar-refractivity contribution in [3.63, 3.8) is 0 Å². The lowest BCUT2D eigenvalue weighted by atomic mass is 10.1. The molecule has 1 atom stereocenters. The van der Waals surface area contributed by atoms with Crippen molar-refractivity contribution in [3.05, 3.63) is 41.9 Å². The summed E-state index contributed by atoms with van der Waals surface area (Å²) in [4.78, 5) is 18.5. The Balaban J connectivity index is 1.60. The van der Waals surface area contributed by atoms with Crippen LogP contribution < -0.4 is 0 Å². The predicted octanol–water partition coefficient (Wildman–Crippen LogP) is 2.62. The summed E-state index contributed by atoms with van der Waals surface area (Å²) >= 11 is 0. The minimum atomic E-state index is -3.01. The molecule has 0 aliphatic carbocycles. The van der Waals surface area contributed by atoms with E-state index in [2.05, 4.69) is 4.98 Å². The Kier molecular flexibility index (Phi) is 5.46. The zero-order chi connectivity index (χ0) is 18.7. The van der Waals surface area contributed by atoms with E-state index < -0.39 is 9.84 Å². The summed E-state index contributed by atoms with van der Waals surface area (Å²) in [7, 11) is -3.01. The molecular formula is C19H24N2O4S. The van der Waals surface area contributed by atoms with Crippen LogP contribution in [0.1, 0.15) is 31.2 Å². The Morgan fingerprint density at radius 1 is 1.31 bits per heavy atom. The number of hydrogen-bond donors (Lipinski definition) is 0. The minimum Gasteiger partial charge on any atom is -0.441 e. The van der Waals surface area contributed by atoms with E-state index >= 15 is 0 Å². The van der Waals surface area contributed by atoms with Crippen LogP contribution in [0.3, 0.4) is 0 Å². The summed E-state index contributed by atoms with van der Waals surface area (Å²) in [6, 6.07) is 7.77. The van der Waals surface area contributed by atoms with Gasteiger partial charge in [0.25, 0.3) is 0 Å². The molecule has 7 heteroatoms. The van der Waals surface area contributed by atoms with E-state index in [1.54, 1.807) is 11.1 Å². The monoisotopic (exact) mass is 376 g/mol. The molecule has 26 heavy (non-hydrogen) atoms. The highest BCUT2D eigenvalue weighted by Gasteiger charge is 2.33. The van der Waals surface area contributed by atoms with E-state index in [4.69, 9.17) is 4.42 Å². The highest BCUT2D eigenvalue weighted by atomic mass is 32.2. The first-order valence-corrected chi connectivity index (χ1v) is 10.7. The van der Waals surface area contributed by atoms with Gasteiger partial charge >= 0.3 is 0 Å². The summed E-state index contributed by atoms with van der Waals surface area (Å²) in [5.74, 6) is 1.39. The number of nitrogens with zero attached hydrogens (tertiary/aromatic N) is 2. The number of sulfone groups is 1. The van der Waals surface area contributed by atoms with Crippen molar-refractivity contribution < 1.29 is 17.6 Å². The number of carbonyl (C=O) groups excluding carboxylic acids is 1. The second-order valence-corrected chi connectivity index (χ2v) is 8.95. The van der Waals surface area contributed by atoms with Gasteiger partial charge in [-0.15, -0.1) is 0 Å². The first-order valence-electron chi connectivity index (χ1n) is 8.89. The van der Waals surface area contributed by atoms with Crippen molar-refractivity contribution in [1.29, 1.82) is 0 Å². The summed E-state index contributed by atoms with van der Waals surface area (Å²) in [5.41, 5.74) is 2.12. The molecule has 1 unspecified atom stereocenters. The van der Waals surface area contributed by atoms with Gasteiger partial charge in [0.15, 0.2) is 21.5 Å². The molecule has 2 aromatic rings. The number of amides is 1. The number of hydrogen-bond acceptors (Lipinski definition) is 5. The smallest absolute Gasteiger partial charge is 0.223 e. The Bertz CT molecular complexity index is 871. The SMILES string of the molecule is CCN(C(=O)CCc1ncc(-c2ccc(C)cc2)o1)C1CCS(=O)(=O)C1. The second-order valence-electron chi connectivity index (χ2n) is 6.72. The predicted molar refractivity (Wildman–Crippen MR) is 99.4 cm³/mol. The third kappa shape index (κ3) is 4.33. The molecule has 0 N–H and O–H groups in total. The average Bonchev–Trinajstić information content (AvgIpc) is 3.21. The van der Waals surface area contributed by atoms with Crippen molar-refractivity contribution in [3.8, 4) is 11.3 Å². The first-order chi connectivity index (χ1) is 12.4. The second kappa shape index (κ2) is 7.61. The Morgan fingerprint density at radius 3 is 2.65 bits per heavy atom. The van der Waals surface area contributed by atoms with E-state index in [0.29, 0.717) is 31.0 Å². The van der Waals surface area contributed by atoms with E-state index in [0.717, 1.165) is 5.56 Å². The molecular weight excluding hydrogens is 352 g/mol. The molecule has 0 spiro atoms. The molecule has 1 aromatic carbocycles. The molecule has 3 rings (SSSR count). The molecule has 1 saturated heterocycles. The summed E-state index contributed by atoms with van der Waals surface area (Å²) < 4.78 is 29.1. The number of aryl methyl sites for hydroxylation is 2. The standard InChI is InChI=1S/C19H24N2O4S/c1-3-21(16-10-11-26(23,24)13-16)19(22)9-8-18-20-12-17(25-18)15-6-4-14(2)5-7-15/h4-7,12,16H,3,8-11,13H2,1-2H3. The Labute approximate surface area is 154 Å². The van der Waals surface area contributed by atoms with Crippen LogP contribution in [0.2, 0.25) is 0 Å². The van der Waals surface area contributed by atoms with Crippen LogP contribution in [0.15, 0.2) is 34.9 Å². The Morgan fingerprint density at radius 2 is 2.04 bits per heavy atom. The molecule has 0 bridgehead atoms. The van der Waals surface area contributed by atoms with E-state index in [9.17, 15) is 13.2 Å². The molecule has 1 aliphatic rings. The van der Waals surface area contributed by atoms with Gasteiger partial charge in [-0.25, -0.2) is 13.4 Å². The highest BCUT2D eigenvalue weighted by Crippen LogP contribution is 2.22. The van der Waals surface area contributed by atoms with E-state index in [1.165, 1.54) is 5.56 Å². The van der Waals surface area contributed by atoms with Gasteiger partial charge in [-0.1, -0.05) is 29.8 Å². The zero-order valence-electron chi connectivity index (χ0n) is 15.1. The molecule has 1 fully saturated rings. The molecule has 0 saturated carbocycles. The lowest BCUT2D eigenvalue weighted by Crippen LogP contribution is -2.41. The first kappa shape index (κ1) is 18.6. The minimum absolute atomic E-state index is 0.0512. The third-order valence-electron chi connectivity index (χ3n) is 4.75. The van der Waals surface area contributed by atoms with Gasteiger partial charge in [-0.05, 0) is 20.3 Å². The number of aromatic nitrogens is 1. The van der Waals surface area contributed by atoms with Crippen molar-refractivity contribution in [2.75, 3.05) is 18.1 Å². The highest BCUT2D eigenvalue weighted by molar-refractivity contribution is 7.91. The van der Waals surface area contributed by atoms with Crippen LogP contribution in [-0.4, -0.2) is 48.3 Å². The molecule has 2 heterocycles. The van der Waals surface area contributed by atoms with Crippen LogP contribution in [-0.2, 0) is 21.1 Å². The molecule has 0 radical (unpaired) electrons. The van der Waals surface area contributed by atoms with Gasteiger partial charge in [-0.2, -0.15) is 0 Å². The number of benzene rings is 1.